The fraction of sp³-hybridized carbons (Fsp3) is 0.414. The molecule has 0 saturated carbocycles. The lowest BCUT2D eigenvalue weighted by atomic mass is 10.1. The number of amides is 5. The topological polar surface area (TPSA) is 218 Å². The van der Waals surface area contributed by atoms with Crippen molar-refractivity contribution in [2.24, 2.45) is 11.5 Å². The molecule has 0 spiro atoms. The monoisotopic (exact) mass is 583 g/mol. The van der Waals surface area contributed by atoms with Crippen LogP contribution in [-0.4, -0.2) is 65.4 Å². The van der Waals surface area contributed by atoms with Gasteiger partial charge in [0, 0.05) is 6.42 Å². The number of carbonyl (C=O) groups is 5. The highest BCUT2D eigenvalue weighted by atomic mass is 16.3. The molecule has 0 aliphatic rings. The quantitative estimate of drug-likeness (QED) is 0.125. The van der Waals surface area contributed by atoms with Crippen LogP contribution in [0.4, 0.5) is 0 Å². The number of nitrogens with one attached hydrogen (secondary N) is 5. The van der Waals surface area contributed by atoms with Crippen molar-refractivity contribution in [2.75, 3.05) is 6.54 Å². The van der Waals surface area contributed by atoms with E-state index < -0.39 is 60.2 Å². The van der Waals surface area contributed by atoms with E-state index in [1.807, 2.05) is 13.0 Å². The number of hydrogen-bond acceptors (Lipinski definition) is 8. The SMILES string of the molecule is CCCC[C@H](N)C(=O)NNC(=O)[C@H](Cc1ccccc1)NC(=O)CNC(=O)[C@@H](C)NC(=O)[C@@H](N)Cc1ccc(O)cc1. The predicted octanol–water partition coefficient (Wildman–Crippen LogP) is -0.725. The molecule has 0 saturated heterocycles. The summed E-state index contributed by atoms with van der Waals surface area (Å²) >= 11 is 0. The largest absolute Gasteiger partial charge is 0.508 e. The minimum absolute atomic E-state index is 0.0902. The molecule has 0 bridgehead atoms. The van der Waals surface area contributed by atoms with E-state index in [2.05, 4.69) is 26.8 Å². The van der Waals surface area contributed by atoms with Crippen LogP contribution in [0.15, 0.2) is 54.6 Å². The molecule has 0 aromatic heterocycles. The molecular formula is C29H41N7O6. The molecule has 0 unspecified atom stereocenters. The van der Waals surface area contributed by atoms with Crippen LogP contribution in [0.1, 0.15) is 44.2 Å². The second-order valence-corrected chi connectivity index (χ2v) is 9.96. The minimum Gasteiger partial charge on any atom is -0.508 e. The maximum Gasteiger partial charge on any atom is 0.261 e. The van der Waals surface area contributed by atoms with Crippen LogP contribution in [0.3, 0.4) is 0 Å². The summed E-state index contributed by atoms with van der Waals surface area (Å²) in [7, 11) is 0. The Labute approximate surface area is 245 Å². The van der Waals surface area contributed by atoms with E-state index in [4.69, 9.17) is 11.5 Å². The van der Waals surface area contributed by atoms with Gasteiger partial charge in [-0.25, -0.2) is 0 Å². The lowest BCUT2D eigenvalue weighted by Crippen LogP contribution is -2.57. The van der Waals surface area contributed by atoms with E-state index in [1.54, 1.807) is 36.4 Å². The van der Waals surface area contributed by atoms with Crippen molar-refractivity contribution >= 4 is 29.5 Å². The van der Waals surface area contributed by atoms with E-state index in [9.17, 15) is 29.1 Å². The highest BCUT2D eigenvalue weighted by Crippen LogP contribution is 2.11. The third-order valence-corrected chi connectivity index (χ3v) is 6.35. The van der Waals surface area contributed by atoms with Gasteiger partial charge in [0.25, 0.3) is 11.8 Å². The first-order chi connectivity index (χ1) is 20.0. The van der Waals surface area contributed by atoms with E-state index >= 15 is 0 Å². The number of rotatable bonds is 15. The molecule has 0 aliphatic carbocycles. The zero-order valence-corrected chi connectivity index (χ0v) is 23.9. The van der Waals surface area contributed by atoms with E-state index in [-0.39, 0.29) is 18.6 Å². The molecule has 4 atom stereocenters. The third kappa shape index (κ3) is 11.9. The standard InChI is InChI=1S/C29H41N7O6/c1-3-4-10-22(30)28(41)35-36-29(42)24(16-19-8-6-5-7-9-19)34-25(38)17-32-26(39)18(2)33-27(40)23(31)15-20-11-13-21(37)14-12-20/h5-9,11-14,18,22-24,37H,3-4,10,15-17,30-31H2,1-2H3,(H,32,39)(H,33,40)(H,34,38)(H,35,41)(H,36,42)/t18-,22+,23+,24+/m1/s1. The number of benzene rings is 2. The van der Waals surface area contributed by atoms with Crippen LogP contribution in [0.2, 0.25) is 0 Å². The summed E-state index contributed by atoms with van der Waals surface area (Å²) in [6.07, 6.45) is 2.41. The highest BCUT2D eigenvalue weighted by Gasteiger charge is 2.24. The van der Waals surface area contributed by atoms with Crippen molar-refractivity contribution in [2.45, 2.75) is 70.1 Å². The number of phenols is 1. The number of hydrogen-bond donors (Lipinski definition) is 8. The Hall–Kier alpha value is -4.49. The van der Waals surface area contributed by atoms with Gasteiger partial charge in [0.05, 0.1) is 18.6 Å². The maximum atomic E-state index is 12.9. The number of carbonyl (C=O) groups excluding carboxylic acids is 5. The van der Waals surface area contributed by atoms with Crippen molar-refractivity contribution in [1.82, 2.24) is 26.8 Å². The first kappa shape index (κ1) is 33.7. The molecule has 10 N–H and O–H groups in total. The molecule has 2 aromatic carbocycles. The Bertz CT molecular complexity index is 1190. The number of unbranched alkanes of at least 4 members (excludes halogenated alkanes) is 1. The van der Waals surface area contributed by atoms with Gasteiger partial charge < -0.3 is 32.5 Å². The van der Waals surface area contributed by atoms with E-state index in [0.717, 1.165) is 24.0 Å². The number of hydrazine groups is 1. The lowest BCUT2D eigenvalue weighted by Gasteiger charge is -2.21. The summed E-state index contributed by atoms with van der Waals surface area (Å²) in [6, 6.07) is 11.4. The van der Waals surface area contributed by atoms with Gasteiger partial charge >= 0.3 is 0 Å². The highest BCUT2D eigenvalue weighted by molar-refractivity contribution is 5.93. The summed E-state index contributed by atoms with van der Waals surface area (Å²) in [5.74, 6) is -2.98. The van der Waals surface area contributed by atoms with Crippen LogP contribution in [0.5, 0.6) is 5.75 Å². The van der Waals surface area contributed by atoms with Crippen molar-refractivity contribution in [1.29, 1.82) is 0 Å². The van der Waals surface area contributed by atoms with Gasteiger partial charge in [0.2, 0.25) is 17.7 Å². The summed E-state index contributed by atoms with van der Waals surface area (Å²) in [4.78, 5) is 62.7. The van der Waals surface area contributed by atoms with E-state index in [0.29, 0.717) is 6.42 Å². The zero-order valence-electron chi connectivity index (χ0n) is 23.9. The number of nitrogens with two attached hydrogens (primary N) is 2. The van der Waals surface area contributed by atoms with Crippen molar-refractivity contribution in [3.63, 3.8) is 0 Å². The van der Waals surface area contributed by atoms with Crippen molar-refractivity contribution in [3.05, 3.63) is 65.7 Å². The molecule has 2 aromatic rings. The average Bonchev–Trinajstić information content (AvgIpc) is 2.98. The molecule has 13 heteroatoms. The Morgan fingerprint density at radius 1 is 0.762 bits per heavy atom. The van der Waals surface area contributed by atoms with Crippen molar-refractivity contribution < 1.29 is 29.1 Å². The molecule has 13 nitrogen and oxygen atoms in total. The van der Waals surface area contributed by atoms with Crippen molar-refractivity contribution in [3.8, 4) is 5.75 Å². The fourth-order valence-corrected chi connectivity index (χ4v) is 3.85. The van der Waals surface area contributed by atoms with Crippen LogP contribution in [-0.2, 0) is 36.8 Å². The Balaban J connectivity index is 1.88. The third-order valence-electron chi connectivity index (χ3n) is 6.35. The van der Waals surface area contributed by atoms with Gasteiger partial charge in [0.1, 0.15) is 17.8 Å². The second-order valence-electron chi connectivity index (χ2n) is 9.96. The molecule has 0 heterocycles. The number of phenolic OH excluding ortho intramolecular Hbond substituents is 1. The maximum absolute atomic E-state index is 12.9. The molecule has 42 heavy (non-hydrogen) atoms. The second kappa shape index (κ2) is 17.4. The normalized spacial score (nSPS) is 13.5. The predicted molar refractivity (Wildman–Crippen MR) is 156 cm³/mol. The zero-order chi connectivity index (χ0) is 31.1. The Morgan fingerprint density at radius 2 is 1.38 bits per heavy atom. The summed E-state index contributed by atoms with van der Waals surface area (Å²) in [5.41, 5.74) is 17.9. The molecule has 228 valence electrons. The molecule has 0 aliphatic heterocycles. The molecule has 0 fully saturated rings. The fourth-order valence-electron chi connectivity index (χ4n) is 3.85. The van der Waals surface area contributed by atoms with Gasteiger partial charge in [-0.2, -0.15) is 0 Å². The molecular weight excluding hydrogens is 542 g/mol. The van der Waals surface area contributed by atoms with Crippen LogP contribution < -0.4 is 38.3 Å². The van der Waals surface area contributed by atoms with E-state index in [1.165, 1.54) is 19.1 Å². The molecule has 0 radical (unpaired) electrons. The first-order valence-electron chi connectivity index (χ1n) is 13.8. The smallest absolute Gasteiger partial charge is 0.261 e. The average molecular weight is 584 g/mol. The van der Waals surface area contributed by atoms with Gasteiger partial charge in [-0.05, 0) is 43.0 Å². The molecule has 5 amide bonds. The Morgan fingerprint density at radius 3 is 2.02 bits per heavy atom. The Kier molecular flexibility index (Phi) is 13.9. The van der Waals surface area contributed by atoms with Gasteiger partial charge in [-0.1, -0.05) is 62.2 Å². The summed E-state index contributed by atoms with van der Waals surface area (Å²) < 4.78 is 0. The van der Waals surface area contributed by atoms with Gasteiger partial charge in [-0.15, -0.1) is 0 Å². The van der Waals surface area contributed by atoms with Crippen LogP contribution >= 0.6 is 0 Å². The van der Waals surface area contributed by atoms with Crippen LogP contribution in [0.25, 0.3) is 0 Å². The lowest BCUT2D eigenvalue weighted by molar-refractivity contribution is -0.133. The minimum atomic E-state index is -1.07. The summed E-state index contributed by atoms with van der Waals surface area (Å²) in [6.45, 7) is 2.95. The van der Waals surface area contributed by atoms with Gasteiger partial charge in [-0.3, -0.25) is 34.8 Å². The summed E-state index contributed by atoms with van der Waals surface area (Å²) in [5, 5.41) is 16.9. The van der Waals surface area contributed by atoms with Crippen LogP contribution in [0, 0.1) is 0 Å². The first-order valence-corrected chi connectivity index (χ1v) is 13.8. The molecule has 2 rings (SSSR count). The van der Waals surface area contributed by atoms with Gasteiger partial charge in [0.15, 0.2) is 0 Å². The number of aromatic hydroxyl groups is 1.